The van der Waals surface area contributed by atoms with Crippen LogP contribution in [-0.2, 0) is 17.4 Å². The van der Waals surface area contributed by atoms with Crippen molar-refractivity contribution >= 4 is 22.2 Å². The van der Waals surface area contributed by atoms with Gasteiger partial charge in [-0.15, -0.1) is 0 Å². The van der Waals surface area contributed by atoms with Gasteiger partial charge in [0.25, 0.3) is 0 Å². The first-order valence-electron chi connectivity index (χ1n) is 3.66. The Morgan fingerprint density at radius 2 is 2.00 bits per heavy atom. The highest BCUT2D eigenvalue weighted by Gasteiger charge is 2.30. The maximum absolute atomic E-state index is 12.2. The van der Waals surface area contributed by atoms with E-state index in [1.54, 1.807) is 6.29 Å². The van der Waals surface area contributed by atoms with Gasteiger partial charge in [-0.3, -0.25) is 4.79 Å². The largest absolute Gasteiger partial charge is 0.416 e. The van der Waals surface area contributed by atoms with Gasteiger partial charge < -0.3 is 0 Å². The van der Waals surface area contributed by atoms with E-state index in [0.717, 1.165) is 12.1 Å². The highest BCUT2D eigenvalue weighted by molar-refractivity contribution is 9.10. The van der Waals surface area contributed by atoms with E-state index in [4.69, 9.17) is 0 Å². The predicted octanol–water partition coefficient (Wildman–Crippen LogP) is 3.12. The van der Waals surface area contributed by atoms with Gasteiger partial charge in [0.2, 0.25) is 6.29 Å². The Morgan fingerprint density at radius 1 is 1.36 bits per heavy atom. The first-order valence-corrected chi connectivity index (χ1v) is 4.45. The molecule has 0 aliphatic rings. The summed E-state index contributed by atoms with van der Waals surface area (Å²) in [4.78, 5) is 10.1. The predicted molar refractivity (Wildman–Crippen MR) is 48.5 cm³/mol. The summed E-state index contributed by atoms with van der Waals surface area (Å²) in [5.74, 6) is 0. The van der Waals surface area contributed by atoms with Crippen LogP contribution in [-0.4, -0.2) is 6.29 Å². The minimum atomic E-state index is -4.38. The van der Waals surface area contributed by atoms with Crippen molar-refractivity contribution in [3.05, 3.63) is 33.8 Å². The summed E-state index contributed by atoms with van der Waals surface area (Å²) < 4.78 is 37.2. The number of carbonyl (C=O) groups excluding carboxylic acids is 1. The van der Waals surface area contributed by atoms with Crippen LogP contribution < -0.4 is 0 Å². The Labute approximate surface area is 87.1 Å². The van der Waals surface area contributed by atoms with Crippen LogP contribution in [0, 0.1) is 0 Å². The van der Waals surface area contributed by atoms with E-state index in [0.29, 0.717) is 4.47 Å². The summed E-state index contributed by atoms with van der Waals surface area (Å²) in [7, 11) is 0. The maximum atomic E-state index is 12.2. The van der Waals surface area contributed by atoms with E-state index >= 15 is 0 Å². The van der Waals surface area contributed by atoms with Gasteiger partial charge in [-0.05, 0) is 23.8 Å². The van der Waals surface area contributed by atoms with Crippen LogP contribution >= 0.6 is 15.9 Å². The minimum Gasteiger partial charge on any atom is -0.291 e. The fourth-order valence-electron chi connectivity index (χ4n) is 0.964. The van der Waals surface area contributed by atoms with E-state index in [-0.39, 0.29) is 12.0 Å². The highest BCUT2D eigenvalue weighted by Crippen LogP contribution is 2.31. The summed E-state index contributed by atoms with van der Waals surface area (Å²) >= 11 is 3.05. The zero-order chi connectivity index (χ0) is 10.8. The number of benzene rings is 1. The zero-order valence-electron chi connectivity index (χ0n) is 6.86. The van der Waals surface area contributed by atoms with Crippen LogP contribution in [0.2, 0.25) is 0 Å². The average Bonchev–Trinajstić information content (AvgIpc) is 2.07. The smallest absolute Gasteiger partial charge is 0.291 e. The van der Waals surface area contributed by atoms with Crippen LogP contribution in [0.1, 0.15) is 11.1 Å². The van der Waals surface area contributed by atoms with Crippen molar-refractivity contribution in [1.29, 1.82) is 0 Å². The third-order valence-electron chi connectivity index (χ3n) is 1.64. The van der Waals surface area contributed by atoms with Crippen molar-refractivity contribution < 1.29 is 18.0 Å². The van der Waals surface area contributed by atoms with Gasteiger partial charge in [-0.2, -0.15) is 13.2 Å². The van der Waals surface area contributed by atoms with Crippen molar-refractivity contribution in [3.63, 3.8) is 0 Å². The molecule has 0 aliphatic heterocycles. The Balaban J connectivity index is 3.12. The fourth-order valence-corrected chi connectivity index (χ4v) is 1.35. The molecule has 1 nitrogen and oxygen atoms in total. The molecule has 0 atom stereocenters. The lowest BCUT2D eigenvalue weighted by atomic mass is 10.1. The number of hydrogen-bond donors (Lipinski definition) is 0. The van der Waals surface area contributed by atoms with Crippen molar-refractivity contribution in [2.24, 2.45) is 0 Å². The summed E-state index contributed by atoms with van der Waals surface area (Å²) in [5, 5.41) is 0. The summed E-state index contributed by atoms with van der Waals surface area (Å²) in [6.45, 7) is 0. The topological polar surface area (TPSA) is 17.1 Å². The van der Waals surface area contributed by atoms with Crippen LogP contribution in [0.5, 0.6) is 0 Å². The molecule has 0 heterocycles. The van der Waals surface area contributed by atoms with Gasteiger partial charge in [0.05, 0.1) is 5.56 Å². The van der Waals surface area contributed by atoms with E-state index in [9.17, 15) is 18.0 Å². The Morgan fingerprint density at radius 3 is 2.50 bits per heavy atom. The van der Waals surface area contributed by atoms with E-state index in [1.807, 2.05) is 0 Å². The van der Waals surface area contributed by atoms with Crippen molar-refractivity contribution in [2.45, 2.75) is 12.6 Å². The molecule has 0 N–H and O–H groups in total. The van der Waals surface area contributed by atoms with Gasteiger partial charge in [0.1, 0.15) is 0 Å². The Hall–Kier alpha value is -0.840. The summed E-state index contributed by atoms with van der Waals surface area (Å²) in [6.07, 6.45) is -2.97. The van der Waals surface area contributed by atoms with Crippen molar-refractivity contribution in [2.75, 3.05) is 0 Å². The third kappa shape index (κ3) is 2.57. The van der Waals surface area contributed by atoms with E-state index in [1.165, 1.54) is 6.07 Å². The second-order valence-electron chi connectivity index (χ2n) is 2.63. The molecule has 0 amide bonds. The molecule has 1 aromatic rings. The van der Waals surface area contributed by atoms with E-state index < -0.39 is 11.7 Å². The van der Waals surface area contributed by atoms with Crippen LogP contribution in [0.4, 0.5) is 13.2 Å². The van der Waals surface area contributed by atoms with Crippen molar-refractivity contribution in [1.82, 2.24) is 0 Å². The SMILES string of the molecule is O=[C]Cc1cc(C(F)(F)F)ccc1Br. The maximum Gasteiger partial charge on any atom is 0.416 e. The second-order valence-corrected chi connectivity index (χ2v) is 3.48. The monoisotopic (exact) mass is 265 g/mol. The molecular weight excluding hydrogens is 261 g/mol. The molecule has 0 bridgehead atoms. The molecular formula is C9H5BrF3O. The highest BCUT2D eigenvalue weighted by atomic mass is 79.9. The zero-order valence-corrected chi connectivity index (χ0v) is 8.45. The lowest BCUT2D eigenvalue weighted by Gasteiger charge is -2.08. The third-order valence-corrected chi connectivity index (χ3v) is 2.41. The minimum absolute atomic E-state index is 0.148. The summed E-state index contributed by atoms with van der Waals surface area (Å²) in [5.41, 5.74) is -0.472. The lowest BCUT2D eigenvalue weighted by molar-refractivity contribution is -0.137. The molecule has 1 rings (SSSR count). The molecule has 0 aromatic heterocycles. The van der Waals surface area contributed by atoms with Crippen LogP contribution in [0.15, 0.2) is 22.7 Å². The second kappa shape index (κ2) is 4.13. The molecule has 0 aliphatic carbocycles. The number of alkyl halides is 3. The quantitative estimate of drug-likeness (QED) is 0.803. The van der Waals surface area contributed by atoms with Crippen molar-refractivity contribution in [3.8, 4) is 0 Å². The van der Waals surface area contributed by atoms with Crippen LogP contribution in [0.3, 0.4) is 0 Å². The normalized spacial score (nSPS) is 11.4. The molecule has 1 radical (unpaired) electrons. The molecule has 0 saturated heterocycles. The molecule has 1 aromatic carbocycles. The van der Waals surface area contributed by atoms with Gasteiger partial charge >= 0.3 is 6.18 Å². The molecule has 14 heavy (non-hydrogen) atoms. The molecule has 5 heteroatoms. The lowest BCUT2D eigenvalue weighted by Crippen LogP contribution is -2.05. The standard InChI is InChI=1S/C9H5BrF3O/c10-8-2-1-7(9(11,12)13)5-6(8)3-4-14/h1-2,5H,3H2. The van der Waals surface area contributed by atoms with Gasteiger partial charge in [0.15, 0.2) is 0 Å². The molecule has 75 valence electrons. The molecule has 0 fully saturated rings. The summed E-state index contributed by atoms with van der Waals surface area (Å²) in [6, 6.07) is 3.17. The van der Waals surface area contributed by atoms with Gasteiger partial charge in [0, 0.05) is 10.9 Å². The van der Waals surface area contributed by atoms with E-state index in [2.05, 4.69) is 15.9 Å². The Bertz CT molecular complexity index is 346. The fraction of sp³-hybridized carbons (Fsp3) is 0.222. The molecule has 0 saturated carbocycles. The first-order chi connectivity index (χ1) is 6.45. The number of hydrogen-bond acceptors (Lipinski definition) is 1. The molecule has 0 unspecified atom stereocenters. The van der Waals surface area contributed by atoms with Gasteiger partial charge in [-0.25, -0.2) is 0 Å². The van der Waals surface area contributed by atoms with Gasteiger partial charge in [-0.1, -0.05) is 15.9 Å². The number of halogens is 4. The molecule has 0 spiro atoms. The Kier molecular flexibility index (Phi) is 3.31. The first kappa shape index (κ1) is 11.2. The number of rotatable bonds is 2. The average molecular weight is 266 g/mol. The van der Waals surface area contributed by atoms with Crippen LogP contribution in [0.25, 0.3) is 0 Å².